The molecule has 0 radical (unpaired) electrons. The molecule has 0 bridgehead atoms. The van der Waals surface area contributed by atoms with Crippen LogP contribution >= 0.6 is 11.3 Å². The highest BCUT2D eigenvalue weighted by Gasteiger charge is 2.11. The van der Waals surface area contributed by atoms with Crippen LogP contribution in [0.4, 0.5) is 5.95 Å². The van der Waals surface area contributed by atoms with Crippen LogP contribution in [0.1, 0.15) is 18.0 Å². The molecular weight excluding hydrogens is 184 g/mol. The van der Waals surface area contributed by atoms with Gasteiger partial charge in [-0.1, -0.05) is 0 Å². The number of aromatic nitrogens is 3. The fraction of sp³-hybridized carbons (Fsp3) is 0.250. The van der Waals surface area contributed by atoms with Gasteiger partial charge in [-0.2, -0.15) is 0 Å². The fourth-order valence-corrected chi connectivity index (χ4v) is 1.91. The maximum absolute atomic E-state index is 5.68. The van der Waals surface area contributed by atoms with Gasteiger partial charge in [0.05, 0.1) is 6.04 Å². The average molecular weight is 194 g/mol. The topological polar surface area (TPSA) is 56.7 Å². The molecule has 1 atom stereocenters. The molecule has 0 aliphatic heterocycles. The van der Waals surface area contributed by atoms with Crippen LogP contribution in [-0.4, -0.2) is 14.5 Å². The van der Waals surface area contributed by atoms with Crippen molar-refractivity contribution in [2.24, 2.45) is 0 Å². The number of nitrogen functional groups attached to an aromatic ring is 1. The highest BCUT2D eigenvalue weighted by atomic mass is 32.1. The molecule has 0 spiro atoms. The molecule has 0 saturated carbocycles. The van der Waals surface area contributed by atoms with Gasteiger partial charge in [-0.25, -0.2) is 9.97 Å². The van der Waals surface area contributed by atoms with Crippen molar-refractivity contribution in [3.63, 3.8) is 0 Å². The van der Waals surface area contributed by atoms with Crippen LogP contribution in [0.25, 0.3) is 0 Å². The van der Waals surface area contributed by atoms with Crippen LogP contribution in [0.3, 0.4) is 0 Å². The van der Waals surface area contributed by atoms with E-state index >= 15 is 0 Å². The van der Waals surface area contributed by atoms with Crippen LogP contribution in [0, 0.1) is 0 Å². The molecule has 2 heterocycles. The van der Waals surface area contributed by atoms with Crippen molar-refractivity contribution in [3.05, 3.63) is 29.0 Å². The number of nitrogens with two attached hydrogens (primary N) is 1. The molecular formula is C8H10N4S. The molecule has 0 aliphatic rings. The van der Waals surface area contributed by atoms with E-state index in [9.17, 15) is 0 Å². The molecule has 2 rings (SSSR count). The molecule has 2 N–H and O–H groups in total. The zero-order valence-electron chi connectivity index (χ0n) is 7.21. The Kier molecular flexibility index (Phi) is 2.02. The molecule has 0 aromatic carbocycles. The first-order valence-corrected chi connectivity index (χ1v) is 4.84. The Balaban J connectivity index is 2.33. The number of hydrogen-bond donors (Lipinski definition) is 1. The predicted molar refractivity (Wildman–Crippen MR) is 52.6 cm³/mol. The van der Waals surface area contributed by atoms with Crippen molar-refractivity contribution in [2.45, 2.75) is 13.0 Å². The number of thiazole rings is 1. The molecule has 2 aromatic rings. The second kappa shape index (κ2) is 3.18. The van der Waals surface area contributed by atoms with E-state index in [4.69, 9.17) is 5.73 Å². The van der Waals surface area contributed by atoms with Gasteiger partial charge in [0.15, 0.2) is 0 Å². The van der Waals surface area contributed by atoms with E-state index in [1.807, 2.05) is 16.1 Å². The summed E-state index contributed by atoms with van der Waals surface area (Å²) in [4.78, 5) is 8.19. The van der Waals surface area contributed by atoms with E-state index < -0.39 is 0 Å². The Morgan fingerprint density at radius 3 is 2.85 bits per heavy atom. The van der Waals surface area contributed by atoms with E-state index in [0.717, 1.165) is 5.01 Å². The first-order valence-electron chi connectivity index (χ1n) is 3.96. The van der Waals surface area contributed by atoms with Crippen molar-refractivity contribution in [1.29, 1.82) is 0 Å². The van der Waals surface area contributed by atoms with Crippen molar-refractivity contribution in [3.8, 4) is 0 Å². The number of nitrogens with zero attached hydrogens (tertiary/aromatic N) is 3. The first kappa shape index (κ1) is 8.25. The van der Waals surface area contributed by atoms with E-state index in [1.165, 1.54) is 0 Å². The van der Waals surface area contributed by atoms with Crippen LogP contribution in [0.2, 0.25) is 0 Å². The quantitative estimate of drug-likeness (QED) is 0.788. The molecule has 4 nitrogen and oxygen atoms in total. The van der Waals surface area contributed by atoms with Gasteiger partial charge in [0.25, 0.3) is 0 Å². The summed E-state index contributed by atoms with van der Waals surface area (Å²) in [6.45, 7) is 2.05. The lowest BCUT2D eigenvalue weighted by molar-refractivity contribution is 0.644. The Hall–Kier alpha value is -1.36. The third kappa shape index (κ3) is 1.42. The minimum atomic E-state index is 0.169. The second-order valence-corrected chi connectivity index (χ2v) is 3.67. The maximum Gasteiger partial charge on any atom is 0.200 e. The van der Waals surface area contributed by atoms with Gasteiger partial charge in [-0.3, -0.25) is 0 Å². The van der Waals surface area contributed by atoms with Crippen molar-refractivity contribution < 1.29 is 0 Å². The highest BCUT2D eigenvalue weighted by molar-refractivity contribution is 7.09. The summed E-state index contributed by atoms with van der Waals surface area (Å²) in [5, 5.41) is 3.00. The summed E-state index contributed by atoms with van der Waals surface area (Å²) in [6.07, 6.45) is 5.35. The molecule has 2 aromatic heterocycles. The Morgan fingerprint density at radius 2 is 2.31 bits per heavy atom. The third-order valence-electron chi connectivity index (χ3n) is 1.92. The Bertz CT molecular complexity index is 379. The second-order valence-electron chi connectivity index (χ2n) is 2.74. The monoisotopic (exact) mass is 194 g/mol. The van der Waals surface area contributed by atoms with Crippen LogP contribution < -0.4 is 5.73 Å². The van der Waals surface area contributed by atoms with Gasteiger partial charge in [0.2, 0.25) is 5.95 Å². The summed E-state index contributed by atoms with van der Waals surface area (Å²) in [7, 11) is 0. The summed E-state index contributed by atoms with van der Waals surface area (Å²) in [5.41, 5.74) is 5.68. The lowest BCUT2D eigenvalue weighted by atomic mass is 10.3. The van der Waals surface area contributed by atoms with Crippen molar-refractivity contribution >= 4 is 17.3 Å². The van der Waals surface area contributed by atoms with Gasteiger partial charge in [-0.05, 0) is 6.92 Å². The predicted octanol–water partition coefficient (Wildman–Crippen LogP) is 1.53. The average Bonchev–Trinajstić information content (AvgIpc) is 2.72. The van der Waals surface area contributed by atoms with Crippen LogP contribution in [0.15, 0.2) is 24.0 Å². The van der Waals surface area contributed by atoms with E-state index in [1.54, 1.807) is 23.7 Å². The standard InChI is InChI=1S/C8H10N4S/c1-6(7-10-3-5-13-7)12-4-2-11-8(12)9/h2-6H,1H3,(H2,9,11). The fourth-order valence-electron chi connectivity index (χ4n) is 1.21. The summed E-state index contributed by atoms with van der Waals surface area (Å²) in [6, 6.07) is 0.169. The summed E-state index contributed by atoms with van der Waals surface area (Å²) in [5.74, 6) is 0.530. The van der Waals surface area contributed by atoms with E-state index in [-0.39, 0.29) is 6.04 Å². The highest BCUT2D eigenvalue weighted by Crippen LogP contribution is 2.21. The number of rotatable bonds is 2. The van der Waals surface area contributed by atoms with Gasteiger partial charge < -0.3 is 10.3 Å². The van der Waals surface area contributed by atoms with E-state index in [2.05, 4.69) is 16.9 Å². The van der Waals surface area contributed by atoms with Gasteiger partial charge in [0.1, 0.15) is 5.01 Å². The largest absolute Gasteiger partial charge is 0.369 e. The molecule has 1 unspecified atom stereocenters. The Morgan fingerprint density at radius 1 is 1.46 bits per heavy atom. The lowest BCUT2D eigenvalue weighted by Crippen LogP contribution is -2.08. The SMILES string of the molecule is CC(c1nccs1)n1ccnc1N. The van der Waals surface area contributed by atoms with Crippen LogP contribution in [-0.2, 0) is 0 Å². The molecule has 0 saturated heterocycles. The van der Waals surface area contributed by atoms with Crippen molar-refractivity contribution in [2.75, 3.05) is 5.73 Å². The zero-order valence-corrected chi connectivity index (χ0v) is 8.03. The number of anilines is 1. The minimum Gasteiger partial charge on any atom is -0.369 e. The maximum atomic E-state index is 5.68. The van der Waals surface area contributed by atoms with E-state index in [0.29, 0.717) is 5.95 Å². The molecule has 0 fully saturated rings. The normalized spacial score (nSPS) is 13.0. The summed E-state index contributed by atoms with van der Waals surface area (Å²) < 4.78 is 1.90. The molecule has 5 heteroatoms. The number of hydrogen-bond acceptors (Lipinski definition) is 4. The third-order valence-corrected chi connectivity index (χ3v) is 2.87. The molecule has 13 heavy (non-hydrogen) atoms. The molecule has 0 aliphatic carbocycles. The smallest absolute Gasteiger partial charge is 0.200 e. The lowest BCUT2D eigenvalue weighted by Gasteiger charge is -2.10. The minimum absolute atomic E-state index is 0.169. The Labute approximate surface area is 80.1 Å². The van der Waals surface area contributed by atoms with Crippen LogP contribution in [0.5, 0.6) is 0 Å². The van der Waals surface area contributed by atoms with Gasteiger partial charge >= 0.3 is 0 Å². The molecule has 68 valence electrons. The number of imidazole rings is 1. The van der Waals surface area contributed by atoms with Gasteiger partial charge in [0, 0.05) is 24.0 Å². The first-order chi connectivity index (χ1) is 6.29. The van der Waals surface area contributed by atoms with Gasteiger partial charge in [-0.15, -0.1) is 11.3 Å². The van der Waals surface area contributed by atoms with Crippen molar-refractivity contribution in [1.82, 2.24) is 14.5 Å². The summed E-state index contributed by atoms with van der Waals surface area (Å²) >= 11 is 1.62. The molecule has 0 amide bonds. The zero-order chi connectivity index (χ0) is 9.26.